The molecule has 0 spiro atoms. The highest BCUT2D eigenvalue weighted by Gasteiger charge is 2.30. The predicted molar refractivity (Wildman–Crippen MR) is 89.5 cm³/mol. The molecule has 1 aliphatic carbocycles. The van der Waals surface area contributed by atoms with Crippen LogP contribution in [0.1, 0.15) is 44.6 Å². The normalized spacial score (nSPS) is 26.1. The van der Waals surface area contributed by atoms with Gasteiger partial charge in [0.15, 0.2) is 0 Å². The zero-order valence-electron chi connectivity index (χ0n) is 13.2. The topological polar surface area (TPSA) is 24.9 Å². The van der Waals surface area contributed by atoms with E-state index < -0.39 is 0 Å². The first-order chi connectivity index (χ1) is 10.3. The molecule has 0 radical (unpaired) electrons. The van der Waals surface area contributed by atoms with E-state index in [1.54, 1.807) is 0 Å². The van der Waals surface area contributed by atoms with Crippen LogP contribution < -0.4 is 5.32 Å². The summed E-state index contributed by atoms with van der Waals surface area (Å²) < 4.78 is 0. The maximum atomic E-state index is 4.68. The Morgan fingerprint density at radius 2 is 2.05 bits per heavy atom. The predicted octanol–water partition coefficient (Wildman–Crippen LogP) is 4.36. The molecule has 0 amide bonds. The molecule has 2 aromatic rings. The third kappa shape index (κ3) is 3.11. The average molecular weight is 282 g/mol. The van der Waals surface area contributed by atoms with Crippen molar-refractivity contribution in [2.45, 2.75) is 39.0 Å². The summed E-state index contributed by atoms with van der Waals surface area (Å²) in [6, 6.07) is 10.9. The van der Waals surface area contributed by atoms with Gasteiger partial charge in [0.1, 0.15) is 0 Å². The van der Waals surface area contributed by atoms with Crippen molar-refractivity contribution in [1.29, 1.82) is 0 Å². The number of hydrogen-bond acceptors (Lipinski definition) is 2. The molecule has 1 aromatic carbocycles. The van der Waals surface area contributed by atoms with Crippen molar-refractivity contribution in [3.63, 3.8) is 0 Å². The highest BCUT2D eigenvalue weighted by atomic mass is 14.8. The van der Waals surface area contributed by atoms with Gasteiger partial charge >= 0.3 is 0 Å². The monoisotopic (exact) mass is 282 g/mol. The fourth-order valence-corrected chi connectivity index (χ4v) is 3.83. The molecule has 2 nitrogen and oxygen atoms in total. The van der Waals surface area contributed by atoms with Gasteiger partial charge in [-0.25, -0.2) is 0 Å². The molecule has 1 aromatic heterocycles. The van der Waals surface area contributed by atoms with Gasteiger partial charge in [0.05, 0.1) is 5.52 Å². The smallest absolute Gasteiger partial charge is 0.0736 e. The molecule has 3 atom stereocenters. The lowest BCUT2D eigenvalue weighted by Gasteiger charge is -2.35. The van der Waals surface area contributed by atoms with Crippen molar-refractivity contribution in [3.8, 4) is 0 Å². The molecule has 1 heterocycles. The van der Waals surface area contributed by atoms with Crippen molar-refractivity contribution in [1.82, 2.24) is 10.3 Å². The van der Waals surface area contributed by atoms with Crippen LogP contribution in [0, 0.1) is 11.8 Å². The quantitative estimate of drug-likeness (QED) is 0.901. The number of nitrogens with one attached hydrogen (secondary N) is 1. The van der Waals surface area contributed by atoms with Gasteiger partial charge in [-0.2, -0.15) is 0 Å². The second-order valence-corrected chi connectivity index (χ2v) is 6.51. The van der Waals surface area contributed by atoms with Crippen LogP contribution in [0.2, 0.25) is 0 Å². The number of nitrogens with zero attached hydrogens (tertiary/aromatic N) is 1. The fourth-order valence-electron chi connectivity index (χ4n) is 3.83. The van der Waals surface area contributed by atoms with Gasteiger partial charge in [-0.3, -0.25) is 4.98 Å². The molecule has 0 bridgehead atoms. The van der Waals surface area contributed by atoms with E-state index in [-0.39, 0.29) is 0 Å². The third-order valence-electron chi connectivity index (χ3n) is 4.98. The van der Waals surface area contributed by atoms with E-state index in [0.29, 0.717) is 5.92 Å². The standard InChI is InChI=1S/C19H26N2/c1-3-20-13-16-10-9-14(2)12-18(16)17-8-4-6-15-7-5-11-21-19(15)17/h4-8,11,14,16,18,20H,3,9-10,12-13H2,1-2H3. The first-order valence-corrected chi connectivity index (χ1v) is 8.34. The highest BCUT2D eigenvalue weighted by molar-refractivity contribution is 5.82. The molecule has 21 heavy (non-hydrogen) atoms. The number of pyridine rings is 1. The Hall–Kier alpha value is -1.41. The lowest BCUT2D eigenvalue weighted by molar-refractivity contribution is 0.243. The molecule has 3 rings (SSSR count). The molecule has 1 fully saturated rings. The van der Waals surface area contributed by atoms with Gasteiger partial charge in [0.2, 0.25) is 0 Å². The van der Waals surface area contributed by atoms with E-state index >= 15 is 0 Å². The second-order valence-electron chi connectivity index (χ2n) is 6.51. The van der Waals surface area contributed by atoms with Crippen LogP contribution in [0.3, 0.4) is 0 Å². The number of fused-ring (bicyclic) bond motifs is 1. The highest BCUT2D eigenvalue weighted by Crippen LogP contribution is 2.42. The van der Waals surface area contributed by atoms with Crippen LogP contribution in [0.15, 0.2) is 36.5 Å². The second kappa shape index (κ2) is 6.57. The van der Waals surface area contributed by atoms with Crippen LogP contribution >= 0.6 is 0 Å². The lowest BCUT2D eigenvalue weighted by Crippen LogP contribution is -2.31. The largest absolute Gasteiger partial charge is 0.317 e. The SMILES string of the molecule is CCNCC1CCC(C)CC1c1cccc2cccnc12. The van der Waals surface area contributed by atoms with E-state index in [0.717, 1.165) is 24.9 Å². The van der Waals surface area contributed by atoms with Crippen molar-refractivity contribution in [3.05, 3.63) is 42.1 Å². The summed E-state index contributed by atoms with van der Waals surface area (Å²) in [7, 11) is 0. The molecule has 1 N–H and O–H groups in total. The van der Waals surface area contributed by atoms with Crippen LogP contribution in [-0.4, -0.2) is 18.1 Å². The molecular weight excluding hydrogens is 256 g/mol. The van der Waals surface area contributed by atoms with Crippen LogP contribution in [0.25, 0.3) is 10.9 Å². The molecule has 1 saturated carbocycles. The molecule has 1 aliphatic rings. The Morgan fingerprint density at radius 3 is 2.90 bits per heavy atom. The zero-order valence-corrected chi connectivity index (χ0v) is 13.2. The minimum atomic E-state index is 0.645. The van der Waals surface area contributed by atoms with Crippen LogP contribution in [0.5, 0.6) is 0 Å². The minimum absolute atomic E-state index is 0.645. The van der Waals surface area contributed by atoms with Crippen molar-refractivity contribution in [2.24, 2.45) is 11.8 Å². The number of benzene rings is 1. The van der Waals surface area contributed by atoms with Gasteiger partial charge in [0.25, 0.3) is 0 Å². The van der Waals surface area contributed by atoms with E-state index in [2.05, 4.69) is 48.4 Å². The van der Waals surface area contributed by atoms with Gasteiger partial charge in [-0.15, -0.1) is 0 Å². The van der Waals surface area contributed by atoms with Crippen molar-refractivity contribution < 1.29 is 0 Å². The molecule has 112 valence electrons. The molecular formula is C19H26N2. The Kier molecular flexibility index (Phi) is 4.54. The van der Waals surface area contributed by atoms with Crippen molar-refractivity contribution in [2.75, 3.05) is 13.1 Å². The number of hydrogen-bond donors (Lipinski definition) is 1. The van der Waals surface area contributed by atoms with E-state index in [1.165, 1.54) is 35.7 Å². The van der Waals surface area contributed by atoms with Gasteiger partial charge in [0, 0.05) is 11.6 Å². The summed E-state index contributed by atoms with van der Waals surface area (Å²) >= 11 is 0. The Labute approximate surface area is 128 Å². The number of para-hydroxylation sites is 1. The van der Waals surface area contributed by atoms with Gasteiger partial charge in [-0.05, 0) is 55.3 Å². The Bertz CT molecular complexity index is 586. The summed E-state index contributed by atoms with van der Waals surface area (Å²) in [5.74, 6) is 2.21. The van der Waals surface area contributed by atoms with E-state index in [4.69, 9.17) is 0 Å². The Morgan fingerprint density at radius 1 is 1.19 bits per heavy atom. The lowest BCUT2D eigenvalue weighted by atomic mass is 9.71. The summed E-state index contributed by atoms with van der Waals surface area (Å²) in [4.78, 5) is 4.68. The first kappa shape index (κ1) is 14.5. The Balaban J connectivity index is 1.96. The van der Waals surface area contributed by atoms with Crippen LogP contribution in [-0.2, 0) is 0 Å². The summed E-state index contributed by atoms with van der Waals surface area (Å²) in [5, 5.41) is 4.83. The van der Waals surface area contributed by atoms with Gasteiger partial charge < -0.3 is 5.32 Å². The molecule has 2 heteroatoms. The van der Waals surface area contributed by atoms with Crippen molar-refractivity contribution >= 4 is 10.9 Å². The summed E-state index contributed by atoms with van der Waals surface area (Å²) in [6.07, 6.45) is 5.93. The fraction of sp³-hybridized carbons (Fsp3) is 0.526. The average Bonchev–Trinajstić information content (AvgIpc) is 2.53. The summed E-state index contributed by atoms with van der Waals surface area (Å²) in [6.45, 7) is 6.79. The maximum Gasteiger partial charge on any atom is 0.0736 e. The van der Waals surface area contributed by atoms with Crippen LogP contribution in [0.4, 0.5) is 0 Å². The molecule has 0 saturated heterocycles. The zero-order chi connectivity index (χ0) is 14.7. The first-order valence-electron chi connectivity index (χ1n) is 8.34. The summed E-state index contributed by atoms with van der Waals surface area (Å²) in [5.41, 5.74) is 2.67. The van der Waals surface area contributed by atoms with Gasteiger partial charge in [-0.1, -0.05) is 44.5 Å². The molecule has 3 unspecified atom stereocenters. The maximum absolute atomic E-state index is 4.68. The third-order valence-corrected chi connectivity index (χ3v) is 4.98. The minimum Gasteiger partial charge on any atom is -0.317 e. The molecule has 0 aliphatic heterocycles. The number of aromatic nitrogens is 1. The number of rotatable bonds is 4. The van der Waals surface area contributed by atoms with E-state index in [9.17, 15) is 0 Å². The van der Waals surface area contributed by atoms with E-state index in [1.807, 2.05) is 12.3 Å².